The molecule has 0 saturated carbocycles. The normalized spacial score (nSPS) is 12.6. The zero-order valence-electron chi connectivity index (χ0n) is 10.9. The molecule has 90 valence electrons. The van der Waals surface area contributed by atoms with E-state index in [-0.39, 0.29) is 0 Å². The first kappa shape index (κ1) is 11.9. The SMILES string of the molecule is CC[C@H](C)n1cc[n+](Cc2ccccc2)c1C. The lowest BCUT2D eigenvalue weighted by Gasteiger charge is -2.06. The summed E-state index contributed by atoms with van der Waals surface area (Å²) in [6, 6.07) is 11.2. The molecule has 0 aliphatic heterocycles. The number of nitrogens with zero attached hydrogens (tertiary/aromatic N) is 2. The van der Waals surface area contributed by atoms with Crippen LogP contribution < -0.4 is 4.57 Å². The zero-order chi connectivity index (χ0) is 12.3. The summed E-state index contributed by atoms with van der Waals surface area (Å²) < 4.78 is 4.66. The number of imidazole rings is 1. The van der Waals surface area contributed by atoms with Crippen molar-refractivity contribution in [3.05, 3.63) is 54.1 Å². The van der Waals surface area contributed by atoms with Crippen LogP contribution in [0.1, 0.15) is 37.7 Å². The molecule has 1 heterocycles. The van der Waals surface area contributed by atoms with E-state index in [1.165, 1.54) is 17.8 Å². The lowest BCUT2D eigenvalue weighted by molar-refractivity contribution is -0.694. The van der Waals surface area contributed by atoms with E-state index < -0.39 is 0 Å². The van der Waals surface area contributed by atoms with Crippen LogP contribution in [0.2, 0.25) is 0 Å². The highest BCUT2D eigenvalue weighted by Crippen LogP contribution is 2.11. The van der Waals surface area contributed by atoms with Crippen LogP contribution in [0.4, 0.5) is 0 Å². The molecule has 0 N–H and O–H groups in total. The van der Waals surface area contributed by atoms with E-state index in [0.717, 1.165) is 6.54 Å². The molecule has 0 saturated heterocycles. The Balaban J connectivity index is 2.21. The summed E-state index contributed by atoms with van der Waals surface area (Å²) in [7, 11) is 0. The maximum Gasteiger partial charge on any atom is 0.253 e. The molecule has 1 aromatic carbocycles. The maximum absolute atomic E-state index is 2.35. The number of benzene rings is 1. The average Bonchev–Trinajstić information content (AvgIpc) is 2.72. The first-order valence-electron chi connectivity index (χ1n) is 6.33. The second kappa shape index (κ2) is 5.17. The minimum absolute atomic E-state index is 0.576. The van der Waals surface area contributed by atoms with Crippen molar-refractivity contribution in [2.45, 2.75) is 39.8 Å². The standard InChI is InChI=1S/C15H21N2/c1-4-13(2)17-11-10-16(14(17)3)12-15-8-6-5-7-9-15/h5-11,13H,4,12H2,1-3H3/q+1/t13-/m0/s1. The van der Waals surface area contributed by atoms with Crippen molar-refractivity contribution in [3.8, 4) is 0 Å². The first-order chi connectivity index (χ1) is 8.22. The maximum atomic E-state index is 2.35. The van der Waals surface area contributed by atoms with Gasteiger partial charge in [-0.25, -0.2) is 9.13 Å². The van der Waals surface area contributed by atoms with Crippen LogP contribution in [0.5, 0.6) is 0 Å². The van der Waals surface area contributed by atoms with Gasteiger partial charge in [-0.3, -0.25) is 0 Å². The van der Waals surface area contributed by atoms with Crippen LogP contribution >= 0.6 is 0 Å². The van der Waals surface area contributed by atoms with Crippen molar-refractivity contribution in [2.24, 2.45) is 0 Å². The molecular weight excluding hydrogens is 208 g/mol. The van der Waals surface area contributed by atoms with Crippen LogP contribution in [0.15, 0.2) is 42.7 Å². The fraction of sp³-hybridized carbons (Fsp3) is 0.400. The van der Waals surface area contributed by atoms with Crippen molar-refractivity contribution in [3.63, 3.8) is 0 Å². The van der Waals surface area contributed by atoms with Gasteiger partial charge in [-0.05, 0) is 18.9 Å². The molecule has 0 bridgehead atoms. The van der Waals surface area contributed by atoms with Gasteiger partial charge in [0.2, 0.25) is 0 Å². The highest BCUT2D eigenvalue weighted by atomic mass is 15.2. The van der Waals surface area contributed by atoms with E-state index in [1.807, 2.05) is 0 Å². The summed E-state index contributed by atoms with van der Waals surface area (Å²) in [6.45, 7) is 7.64. The number of hydrogen-bond acceptors (Lipinski definition) is 0. The Hall–Kier alpha value is -1.57. The van der Waals surface area contributed by atoms with Crippen molar-refractivity contribution >= 4 is 0 Å². The van der Waals surface area contributed by atoms with Crippen molar-refractivity contribution in [1.82, 2.24) is 4.57 Å². The largest absolute Gasteiger partial charge is 0.253 e. The Morgan fingerprint density at radius 1 is 1.24 bits per heavy atom. The molecule has 2 rings (SSSR count). The van der Waals surface area contributed by atoms with E-state index in [2.05, 4.69) is 72.6 Å². The Morgan fingerprint density at radius 2 is 1.94 bits per heavy atom. The summed E-state index contributed by atoms with van der Waals surface area (Å²) in [6.07, 6.45) is 5.53. The molecule has 1 aromatic heterocycles. The summed E-state index contributed by atoms with van der Waals surface area (Å²) in [5, 5.41) is 0. The Labute approximate surface area is 104 Å². The predicted octanol–water partition coefficient (Wildman–Crippen LogP) is 3.10. The third-order valence-electron chi connectivity index (χ3n) is 3.46. The molecule has 2 nitrogen and oxygen atoms in total. The van der Waals surface area contributed by atoms with E-state index in [1.54, 1.807) is 0 Å². The summed E-state index contributed by atoms with van der Waals surface area (Å²) in [5.74, 6) is 1.32. The second-order valence-corrected chi connectivity index (χ2v) is 4.62. The first-order valence-corrected chi connectivity index (χ1v) is 6.33. The molecule has 0 amide bonds. The van der Waals surface area contributed by atoms with Crippen molar-refractivity contribution < 1.29 is 4.57 Å². The molecule has 0 spiro atoms. The Morgan fingerprint density at radius 3 is 2.59 bits per heavy atom. The van der Waals surface area contributed by atoms with Crippen LogP contribution in [-0.2, 0) is 6.54 Å². The van der Waals surface area contributed by atoms with Gasteiger partial charge in [0.05, 0.1) is 6.04 Å². The number of aromatic nitrogens is 2. The Bertz CT molecular complexity index is 471. The van der Waals surface area contributed by atoms with Gasteiger partial charge in [0.25, 0.3) is 5.82 Å². The molecule has 1 atom stereocenters. The predicted molar refractivity (Wildman–Crippen MR) is 69.9 cm³/mol. The fourth-order valence-electron chi connectivity index (χ4n) is 2.13. The molecular formula is C15H21N2+. The van der Waals surface area contributed by atoms with E-state index in [4.69, 9.17) is 0 Å². The molecule has 0 radical (unpaired) electrons. The lowest BCUT2D eigenvalue weighted by atomic mass is 10.2. The fourth-order valence-corrected chi connectivity index (χ4v) is 2.13. The summed E-state index contributed by atoms with van der Waals surface area (Å²) in [5.41, 5.74) is 1.35. The molecule has 2 heteroatoms. The van der Waals surface area contributed by atoms with E-state index in [0.29, 0.717) is 6.04 Å². The van der Waals surface area contributed by atoms with Gasteiger partial charge in [-0.15, -0.1) is 0 Å². The van der Waals surface area contributed by atoms with E-state index in [9.17, 15) is 0 Å². The van der Waals surface area contributed by atoms with Crippen LogP contribution in [-0.4, -0.2) is 4.57 Å². The Kier molecular flexibility index (Phi) is 3.62. The zero-order valence-corrected chi connectivity index (χ0v) is 10.9. The van der Waals surface area contributed by atoms with Crippen molar-refractivity contribution in [1.29, 1.82) is 0 Å². The summed E-state index contributed by atoms with van der Waals surface area (Å²) in [4.78, 5) is 0. The molecule has 0 aliphatic rings. The smallest absolute Gasteiger partial charge is 0.232 e. The highest BCUT2D eigenvalue weighted by Gasteiger charge is 2.16. The monoisotopic (exact) mass is 229 g/mol. The lowest BCUT2D eigenvalue weighted by Crippen LogP contribution is -2.36. The van der Waals surface area contributed by atoms with Gasteiger partial charge in [0, 0.05) is 6.92 Å². The van der Waals surface area contributed by atoms with Crippen LogP contribution in [0, 0.1) is 6.92 Å². The molecule has 17 heavy (non-hydrogen) atoms. The van der Waals surface area contributed by atoms with Crippen LogP contribution in [0.3, 0.4) is 0 Å². The van der Waals surface area contributed by atoms with Crippen molar-refractivity contribution in [2.75, 3.05) is 0 Å². The van der Waals surface area contributed by atoms with Crippen LogP contribution in [0.25, 0.3) is 0 Å². The quantitative estimate of drug-likeness (QED) is 0.712. The highest BCUT2D eigenvalue weighted by molar-refractivity contribution is 5.13. The molecule has 0 fully saturated rings. The average molecular weight is 229 g/mol. The van der Waals surface area contributed by atoms with Gasteiger partial charge < -0.3 is 0 Å². The second-order valence-electron chi connectivity index (χ2n) is 4.62. The van der Waals surface area contributed by atoms with Gasteiger partial charge in [0.1, 0.15) is 18.9 Å². The van der Waals surface area contributed by atoms with E-state index >= 15 is 0 Å². The topological polar surface area (TPSA) is 8.81 Å². The minimum atomic E-state index is 0.576. The molecule has 2 aromatic rings. The third-order valence-corrected chi connectivity index (χ3v) is 3.46. The van der Waals surface area contributed by atoms with Gasteiger partial charge >= 0.3 is 0 Å². The number of rotatable bonds is 4. The van der Waals surface area contributed by atoms with Gasteiger partial charge in [-0.1, -0.05) is 37.3 Å². The van der Waals surface area contributed by atoms with Gasteiger partial charge in [0.15, 0.2) is 0 Å². The summed E-state index contributed by atoms with van der Waals surface area (Å²) >= 11 is 0. The third kappa shape index (κ3) is 2.57. The van der Waals surface area contributed by atoms with Gasteiger partial charge in [-0.2, -0.15) is 0 Å². The number of hydrogen-bond donors (Lipinski definition) is 0. The molecule has 0 unspecified atom stereocenters. The minimum Gasteiger partial charge on any atom is -0.232 e. The molecule has 0 aliphatic carbocycles.